The number of aromatic nitrogens is 2. The fourth-order valence-electron chi connectivity index (χ4n) is 2.54. The molecule has 4 nitrogen and oxygen atoms in total. The Bertz CT molecular complexity index is 701. The Balaban J connectivity index is 1.81. The van der Waals surface area contributed by atoms with E-state index in [-0.39, 0.29) is 17.3 Å². The molecule has 6 heteroatoms. The third kappa shape index (κ3) is 2.95. The molecule has 1 aliphatic rings. The van der Waals surface area contributed by atoms with Gasteiger partial charge in [0, 0.05) is 23.9 Å². The van der Waals surface area contributed by atoms with Crippen LogP contribution >= 0.6 is 0 Å². The molecule has 2 aromatic rings. The molecule has 3 rings (SSSR count). The highest BCUT2D eigenvalue weighted by atomic mass is 19.3. The molecule has 114 valence electrons. The Morgan fingerprint density at radius 3 is 2.64 bits per heavy atom. The van der Waals surface area contributed by atoms with E-state index in [4.69, 9.17) is 0 Å². The minimum absolute atomic E-state index is 0.0312. The van der Waals surface area contributed by atoms with Gasteiger partial charge in [-0.05, 0) is 24.5 Å². The van der Waals surface area contributed by atoms with Crippen LogP contribution in [-0.4, -0.2) is 15.8 Å². The van der Waals surface area contributed by atoms with Gasteiger partial charge in [0.1, 0.15) is 0 Å². The summed E-state index contributed by atoms with van der Waals surface area (Å²) in [4.78, 5) is 20.4. The Hall–Kier alpha value is -2.37. The number of nitrogens with zero attached hydrogens (tertiary/aromatic N) is 2. The smallest absolute Gasteiger partial charge is 0.263 e. The van der Waals surface area contributed by atoms with Crippen molar-refractivity contribution in [1.29, 1.82) is 0 Å². The van der Waals surface area contributed by atoms with Crippen LogP contribution in [0, 0.1) is 5.92 Å². The second kappa shape index (κ2) is 5.79. The van der Waals surface area contributed by atoms with Gasteiger partial charge in [-0.25, -0.2) is 18.7 Å². The van der Waals surface area contributed by atoms with Crippen LogP contribution in [-0.2, 0) is 6.42 Å². The van der Waals surface area contributed by atoms with Crippen LogP contribution in [0.5, 0.6) is 0 Å². The lowest BCUT2D eigenvalue weighted by atomic mass is 9.88. The molecule has 22 heavy (non-hydrogen) atoms. The van der Waals surface area contributed by atoms with Crippen LogP contribution in [0.15, 0.2) is 30.5 Å². The van der Waals surface area contributed by atoms with Gasteiger partial charge in [0.05, 0.1) is 11.3 Å². The average molecular weight is 303 g/mol. The molecule has 0 spiro atoms. The lowest BCUT2D eigenvalue weighted by Crippen LogP contribution is -2.20. The minimum Gasteiger partial charge on any atom is -0.324 e. The molecule has 1 aliphatic carbocycles. The van der Waals surface area contributed by atoms with Crippen molar-refractivity contribution in [3.63, 3.8) is 0 Å². The highest BCUT2D eigenvalue weighted by Gasteiger charge is 2.24. The molecular formula is C16H15F2N3O. The van der Waals surface area contributed by atoms with Crippen LogP contribution in [0.4, 0.5) is 20.4 Å². The number of hydrogen-bond acceptors (Lipinski definition) is 4. The molecule has 0 amide bonds. The third-order valence-electron chi connectivity index (χ3n) is 3.66. The number of ketones is 1. The van der Waals surface area contributed by atoms with Crippen molar-refractivity contribution in [2.75, 3.05) is 5.32 Å². The number of carbonyl (C=O) groups is 1. The standard InChI is InChI=1S/C16H15F2N3O/c1-9-6-13-12(14(22)7-9)8-19-16(21-13)20-11-4-2-10(3-5-11)15(17)18/h2-5,8-9,15H,6-7H2,1H3,(H,19,20,21). The summed E-state index contributed by atoms with van der Waals surface area (Å²) in [6.07, 6.45) is 0.314. The first kappa shape index (κ1) is 14.6. The van der Waals surface area contributed by atoms with Crippen molar-refractivity contribution in [3.8, 4) is 0 Å². The van der Waals surface area contributed by atoms with Crippen LogP contribution in [0.2, 0.25) is 0 Å². The third-order valence-corrected chi connectivity index (χ3v) is 3.66. The summed E-state index contributed by atoms with van der Waals surface area (Å²) in [6.45, 7) is 2.01. The average Bonchev–Trinajstić information content (AvgIpc) is 2.47. The van der Waals surface area contributed by atoms with Gasteiger partial charge in [-0.3, -0.25) is 4.79 Å². The highest BCUT2D eigenvalue weighted by molar-refractivity contribution is 5.98. The lowest BCUT2D eigenvalue weighted by Gasteiger charge is -2.19. The fraction of sp³-hybridized carbons (Fsp3) is 0.312. The van der Waals surface area contributed by atoms with Gasteiger partial charge in [-0.2, -0.15) is 0 Å². The normalized spacial score (nSPS) is 17.5. The molecule has 0 fully saturated rings. The Kier molecular flexibility index (Phi) is 3.83. The second-order valence-electron chi connectivity index (χ2n) is 5.54. The van der Waals surface area contributed by atoms with Gasteiger partial charge >= 0.3 is 0 Å². The predicted molar refractivity (Wildman–Crippen MR) is 78.5 cm³/mol. The number of fused-ring (bicyclic) bond motifs is 1. The molecule has 0 radical (unpaired) electrons. The molecular weight excluding hydrogens is 288 g/mol. The fourth-order valence-corrected chi connectivity index (χ4v) is 2.54. The van der Waals surface area contributed by atoms with E-state index in [1.165, 1.54) is 18.3 Å². The van der Waals surface area contributed by atoms with E-state index in [0.717, 1.165) is 12.1 Å². The Morgan fingerprint density at radius 2 is 1.95 bits per heavy atom. The number of halogens is 2. The summed E-state index contributed by atoms with van der Waals surface area (Å²) in [6, 6.07) is 5.82. The first-order valence-corrected chi connectivity index (χ1v) is 7.07. The van der Waals surface area contributed by atoms with Crippen molar-refractivity contribution in [2.45, 2.75) is 26.2 Å². The molecule has 0 saturated heterocycles. The molecule has 1 heterocycles. The molecule has 0 bridgehead atoms. The minimum atomic E-state index is -2.48. The van der Waals surface area contributed by atoms with Crippen LogP contribution < -0.4 is 5.32 Å². The maximum Gasteiger partial charge on any atom is 0.263 e. The summed E-state index contributed by atoms with van der Waals surface area (Å²) < 4.78 is 25.0. The van der Waals surface area contributed by atoms with Crippen molar-refractivity contribution in [1.82, 2.24) is 9.97 Å². The van der Waals surface area contributed by atoms with Gasteiger partial charge < -0.3 is 5.32 Å². The Morgan fingerprint density at radius 1 is 1.23 bits per heavy atom. The molecule has 0 saturated carbocycles. The SMILES string of the molecule is CC1CC(=O)c2cnc(Nc3ccc(C(F)F)cc3)nc2C1. The number of nitrogens with one attached hydrogen (secondary N) is 1. The van der Waals surface area contributed by atoms with Crippen LogP contribution in [0.3, 0.4) is 0 Å². The number of anilines is 2. The molecule has 0 aliphatic heterocycles. The molecule has 1 atom stereocenters. The van der Waals surface area contributed by atoms with Gasteiger partial charge in [-0.15, -0.1) is 0 Å². The van der Waals surface area contributed by atoms with Crippen molar-refractivity contribution >= 4 is 17.4 Å². The number of benzene rings is 1. The first-order valence-electron chi connectivity index (χ1n) is 7.07. The van der Waals surface area contributed by atoms with E-state index in [9.17, 15) is 13.6 Å². The van der Waals surface area contributed by atoms with Crippen molar-refractivity contribution in [3.05, 3.63) is 47.3 Å². The summed E-state index contributed by atoms with van der Waals surface area (Å²) in [5.41, 5.74) is 1.91. The zero-order chi connectivity index (χ0) is 15.7. The molecule has 1 unspecified atom stereocenters. The Labute approximate surface area is 126 Å². The number of alkyl halides is 2. The van der Waals surface area contributed by atoms with Gasteiger partial charge in [0.2, 0.25) is 5.95 Å². The number of carbonyl (C=O) groups excluding carboxylic acids is 1. The van der Waals surface area contributed by atoms with Gasteiger partial charge in [-0.1, -0.05) is 19.1 Å². The number of rotatable bonds is 3. The molecule has 1 aromatic carbocycles. The van der Waals surface area contributed by atoms with E-state index in [1.54, 1.807) is 12.1 Å². The van der Waals surface area contributed by atoms with Crippen molar-refractivity contribution < 1.29 is 13.6 Å². The first-order chi connectivity index (χ1) is 10.5. The van der Waals surface area contributed by atoms with E-state index >= 15 is 0 Å². The predicted octanol–water partition coefficient (Wildman–Crippen LogP) is 3.92. The van der Waals surface area contributed by atoms with Crippen LogP contribution in [0.1, 0.15) is 41.4 Å². The quantitative estimate of drug-likeness (QED) is 0.933. The summed E-state index contributed by atoms with van der Waals surface area (Å²) in [5, 5.41) is 2.97. The zero-order valence-corrected chi connectivity index (χ0v) is 12.0. The van der Waals surface area contributed by atoms with E-state index in [1.807, 2.05) is 6.92 Å². The number of hydrogen-bond donors (Lipinski definition) is 1. The lowest BCUT2D eigenvalue weighted by molar-refractivity contribution is 0.0951. The zero-order valence-electron chi connectivity index (χ0n) is 12.0. The van der Waals surface area contributed by atoms with Gasteiger partial charge in [0.15, 0.2) is 5.78 Å². The van der Waals surface area contributed by atoms with E-state index < -0.39 is 6.43 Å². The largest absolute Gasteiger partial charge is 0.324 e. The van der Waals surface area contributed by atoms with Crippen molar-refractivity contribution in [2.24, 2.45) is 5.92 Å². The maximum atomic E-state index is 12.5. The molecule has 1 N–H and O–H groups in total. The van der Waals surface area contributed by atoms with Crippen LogP contribution in [0.25, 0.3) is 0 Å². The maximum absolute atomic E-state index is 12.5. The number of Topliss-reactive ketones (excluding diaryl/α,β-unsaturated/α-hetero) is 1. The van der Waals surface area contributed by atoms with E-state index in [2.05, 4.69) is 15.3 Å². The monoisotopic (exact) mass is 303 g/mol. The second-order valence-corrected chi connectivity index (χ2v) is 5.54. The summed E-state index contributed by atoms with van der Waals surface area (Å²) >= 11 is 0. The van der Waals surface area contributed by atoms with E-state index in [0.29, 0.717) is 23.6 Å². The summed E-state index contributed by atoms with van der Waals surface area (Å²) in [5.74, 6) is 0.708. The topological polar surface area (TPSA) is 54.9 Å². The summed E-state index contributed by atoms with van der Waals surface area (Å²) in [7, 11) is 0. The highest BCUT2D eigenvalue weighted by Crippen LogP contribution is 2.25. The van der Waals surface area contributed by atoms with Gasteiger partial charge in [0.25, 0.3) is 6.43 Å². The molecule has 1 aromatic heterocycles.